The first-order chi connectivity index (χ1) is 13.0. The largest absolute Gasteiger partial charge is 0.335 e. The summed E-state index contributed by atoms with van der Waals surface area (Å²) in [5, 5.41) is 5.40. The number of para-hydroxylation sites is 2. The second-order valence-corrected chi connectivity index (χ2v) is 5.87. The van der Waals surface area contributed by atoms with E-state index in [9.17, 15) is 13.6 Å². The van der Waals surface area contributed by atoms with Gasteiger partial charge in [-0.2, -0.15) is 0 Å². The molecule has 1 aromatic heterocycles. The topological polar surface area (TPSA) is 66.9 Å². The van der Waals surface area contributed by atoms with Crippen molar-refractivity contribution in [2.75, 3.05) is 10.6 Å². The van der Waals surface area contributed by atoms with Crippen molar-refractivity contribution >= 4 is 23.1 Å². The molecule has 0 aliphatic rings. The Bertz CT molecular complexity index is 971. The maximum Gasteiger partial charge on any atom is 0.274 e. The molecule has 2 N–H and O–H groups in total. The molecule has 27 heavy (non-hydrogen) atoms. The summed E-state index contributed by atoms with van der Waals surface area (Å²) < 4.78 is 27.7. The quantitative estimate of drug-likeness (QED) is 0.689. The van der Waals surface area contributed by atoms with Crippen LogP contribution in [-0.4, -0.2) is 15.9 Å². The maximum atomic E-state index is 13.8. The Balaban J connectivity index is 1.88. The first kappa shape index (κ1) is 18.4. The summed E-state index contributed by atoms with van der Waals surface area (Å²) >= 11 is 0. The smallest absolute Gasteiger partial charge is 0.274 e. The van der Waals surface area contributed by atoms with Crippen molar-refractivity contribution in [3.63, 3.8) is 0 Å². The Morgan fingerprint density at radius 1 is 1.04 bits per heavy atom. The summed E-state index contributed by atoms with van der Waals surface area (Å²) in [5.74, 6) is -1.52. The number of rotatable bonds is 5. The van der Waals surface area contributed by atoms with Gasteiger partial charge in [-0.3, -0.25) is 4.79 Å². The van der Waals surface area contributed by atoms with E-state index >= 15 is 0 Å². The number of aryl methyl sites for hydroxylation is 2. The molecular weight excluding hydrogens is 350 g/mol. The first-order valence-electron chi connectivity index (χ1n) is 8.44. The van der Waals surface area contributed by atoms with E-state index in [0.717, 1.165) is 24.1 Å². The zero-order chi connectivity index (χ0) is 19.4. The minimum absolute atomic E-state index is 0.0904. The molecule has 0 radical (unpaired) electrons. The van der Waals surface area contributed by atoms with E-state index in [0.29, 0.717) is 11.5 Å². The van der Waals surface area contributed by atoms with Gasteiger partial charge in [-0.1, -0.05) is 31.2 Å². The third-order valence-electron chi connectivity index (χ3n) is 3.93. The summed E-state index contributed by atoms with van der Waals surface area (Å²) in [5.41, 5.74) is 1.44. The predicted octanol–water partition coefficient (Wildman–Crippen LogP) is 4.62. The van der Waals surface area contributed by atoms with Crippen LogP contribution >= 0.6 is 0 Å². The van der Waals surface area contributed by atoms with Crippen molar-refractivity contribution in [1.82, 2.24) is 9.97 Å². The molecule has 0 atom stereocenters. The van der Waals surface area contributed by atoms with Gasteiger partial charge in [-0.25, -0.2) is 18.7 Å². The van der Waals surface area contributed by atoms with Gasteiger partial charge in [0.05, 0.1) is 0 Å². The van der Waals surface area contributed by atoms with Crippen molar-refractivity contribution in [3.8, 4) is 0 Å². The van der Waals surface area contributed by atoms with Gasteiger partial charge in [0.15, 0.2) is 0 Å². The summed E-state index contributed by atoms with van der Waals surface area (Å²) in [4.78, 5) is 20.8. The lowest BCUT2D eigenvalue weighted by atomic mass is 10.1. The number of aromatic nitrogens is 2. The van der Waals surface area contributed by atoms with Gasteiger partial charge >= 0.3 is 0 Å². The highest BCUT2D eigenvalue weighted by molar-refractivity contribution is 6.03. The van der Waals surface area contributed by atoms with Crippen LogP contribution in [0.25, 0.3) is 0 Å². The molecule has 3 aromatic rings. The average molecular weight is 368 g/mol. The highest BCUT2D eigenvalue weighted by atomic mass is 19.1. The molecule has 0 unspecified atom stereocenters. The number of carbonyl (C=O) groups is 1. The number of nitrogens with zero attached hydrogens (tertiary/aromatic N) is 2. The van der Waals surface area contributed by atoms with E-state index < -0.39 is 17.5 Å². The van der Waals surface area contributed by atoms with Gasteiger partial charge in [-0.05, 0) is 37.1 Å². The molecule has 7 heteroatoms. The number of hydrogen-bond acceptors (Lipinski definition) is 4. The second kappa shape index (κ2) is 7.90. The fourth-order valence-electron chi connectivity index (χ4n) is 2.63. The average Bonchev–Trinajstić information content (AvgIpc) is 2.65. The molecular formula is C20H18F2N4O. The van der Waals surface area contributed by atoms with Gasteiger partial charge in [0.2, 0.25) is 0 Å². The lowest BCUT2D eigenvalue weighted by Crippen LogP contribution is -2.16. The third-order valence-corrected chi connectivity index (χ3v) is 3.93. The molecule has 0 saturated heterocycles. The SMILES string of the molecule is CCc1ccccc1NC(=O)c1cc(Nc2c(F)cccc2F)nc(C)n1. The van der Waals surface area contributed by atoms with Crippen LogP contribution in [0.5, 0.6) is 0 Å². The molecule has 1 amide bonds. The van der Waals surface area contributed by atoms with Gasteiger partial charge in [-0.15, -0.1) is 0 Å². The number of halogens is 2. The van der Waals surface area contributed by atoms with Crippen LogP contribution in [0.2, 0.25) is 0 Å². The van der Waals surface area contributed by atoms with Crippen LogP contribution in [0.1, 0.15) is 28.8 Å². The van der Waals surface area contributed by atoms with Crippen molar-refractivity contribution in [2.45, 2.75) is 20.3 Å². The van der Waals surface area contributed by atoms with Crippen LogP contribution in [0.4, 0.5) is 26.0 Å². The molecule has 0 spiro atoms. The fourth-order valence-corrected chi connectivity index (χ4v) is 2.63. The number of amides is 1. The molecule has 2 aromatic carbocycles. The van der Waals surface area contributed by atoms with Gasteiger partial charge in [0, 0.05) is 11.8 Å². The van der Waals surface area contributed by atoms with E-state index in [4.69, 9.17) is 0 Å². The second-order valence-electron chi connectivity index (χ2n) is 5.87. The molecule has 0 saturated carbocycles. The minimum atomic E-state index is -0.755. The van der Waals surface area contributed by atoms with Crippen LogP contribution in [0.3, 0.4) is 0 Å². The minimum Gasteiger partial charge on any atom is -0.335 e. The van der Waals surface area contributed by atoms with Gasteiger partial charge in [0.1, 0.15) is 34.7 Å². The van der Waals surface area contributed by atoms with E-state index in [-0.39, 0.29) is 17.2 Å². The Morgan fingerprint density at radius 2 is 1.74 bits per heavy atom. The maximum absolute atomic E-state index is 13.8. The Morgan fingerprint density at radius 3 is 2.44 bits per heavy atom. The number of benzene rings is 2. The number of anilines is 3. The van der Waals surface area contributed by atoms with Crippen molar-refractivity contribution in [1.29, 1.82) is 0 Å². The molecule has 0 bridgehead atoms. The van der Waals surface area contributed by atoms with Crippen LogP contribution in [-0.2, 0) is 6.42 Å². The fraction of sp³-hybridized carbons (Fsp3) is 0.150. The van der Waals surface area contributed by atoms with E-state index in [1.165, 1.54) is 12.1 Å². The first-order valence-corrected chi connectivity index (χ1v) is 8.44. The van der Waals surface area contributed by atoms with Crippen LogP contribution < -0.4 is 10.6 Å². The molecule has 138 valence electrons. The summed E-state index contributed by atoms with van der Waals surface area (Å²) in [6.45, 7) is 3.59. The molecule has 0 aliphatic carbocycles. The van der Waals surface area contributed by atoms with Crippen LogP contribution in [0.15, 0.2) is 48.5 Å². The Hall–Kier alpha value is -3.35. The highest BCUT2D eigenvalue weighted by Gasteiger charge is 2.14. The highest BCUT2D eigenvalue weighted by Crippen LogP contribution is 2.23. The summed E-state index contributed by atoms with van der Waals surface area (Å²) in [6, 6.07) is 12.3. The molecule has 0 fully saturated rings. The van der Waals surface area contributed by atoms with E-state index in [2.05, 4.69) is 20.6 Å². The number of nitrogens with one attached hydrogen (secondary N) is 2. The Kier molecular flexibility index (Phi) is 5.40. The van der Waals surface area contributed by atoms with Crippen LogP contribution in [0, 0.1) is 18.6 Å². The standard InChI is InChI=1S/C20H18F2N4O/c1-3-13-7-4-5-10-16(13)25-20(27)17-11-18(24-12(2)23-17)26-19-14(21)8-6-9-15(19)22/h4-11H,3H2,1-2H3,(H,25,27)(H,23,24,26). The van der Waals surface area contributed by atoms with E-state index in [1.54, 1.807) is 13.0 Å². The molecule has 0 aliphatic heterocycles. The normalized spacial score (nSPS) is 10.5. The number of carbonyl (C=O) groups excluding carboxylic acids is 1. The van der Waals surface area contributed by atoms with E-state index in [1.807, 2.05) is 25.1 Å². The van der Waals surface area contributed by atoms with Crippen molar-refractivity contribution in [3.05, 3.63) is 77.2 Å². The molecule has 1 heterocycles. The lowest BCUT2D eigenvalue weighted by Gasteiger charge is -2.12. The zero-order valence-corrected chi connectivity index (χ0v) is 14.9. The van der Waals surface area contributed by atoms with Gasteiger partial charge in [0.25, 0.3) is 5.91 Å². The monoisotopic (exact) mass is 368 g/mol. The summed E-state index contributed by atoms with van der Waals surface area (Å²) in [6.07, 6.45) is 0.763. The van der Waals surface area contributed by atoms with Crippen molar-refractivity contribution in [2.24, 2.45) is 0 Å². The number of hydrogen-bond donors (Lipinski definition) is 2. The zero-order valence-electron chi connectivity index (χ0n) is 14.9. The summed E-state index contributed by atoms with van der Waals surface area (Å²) in [7, 11) is 0. The predicted molar refractivity (Wildman–Crippen MR) is 100 cm³/mol. The lowest BCUT2D eigenvalue weighted by molar-refractivity contribution is 0.102. The molecule has 3 rings (SSSR count). The van der Waals surface area contributed by atoms with Gasteiger partial charge < -0.3 is 10.6 Å². The molecule has 5 nitrogen and oxygen atoms in total. The van der Waals surface area contributed by atoms with Crippen molar-refractivity contribution < 1.29 is 13.6 Å². The third kappa shape index (κ3) is 4.25. The Labute approximate surface area is 155 Å².